The van der Waals surface area contributed by atoms with E-state index in [0.717, 1.165) is 24.2 Å². The molecule has 0 unspecified atom stereocenters. The molecule has 0 atom stereocenters. The van der Waals surface area contributed by atoms with Crippen LogP contribution in [-0.4, -0.2) is 29.3 Å². The Balaban J connectivity index is 2.37. The first kappa shape index (κ1) is 13.1. The van der Waals surface area contributed by atoms with Crippen LogP contribution in [0.25, 0.3) is 0 Å². The van der Waals surface area contributed by atoms with Crippen LogP contribution in [0, 0.1) is 0 Å². The monoisotopic (exact) mass is 249 g/mol. The zero-order valence-electron chi connectivity index (χ0n) is 10.6. The summed E-state index contributed by atoms with van der Waals surface area (Å²) in [5.74, 6) is -0.907. The second kappa shape index (κ2) is 5.08. The number of aromatic carboxylic acids is 1. The Hall–Kier alpha value is -1.39. The molecule has 4 nitrogen and oxygen atoms in total. The minimum atomic E-state index is -0.907. The molecule has 1 fully saturated rings. The standard InChI is InChI=1S/C14H19NO3/c1-2-10-9-11(3-4-12(10)13(16)17)14(18)5-7-15-8-6-14/h3-4,9,15,18H,2,5-8H2,1H3,(H,16,17). The van der Waals surface area contributed by atoms with E-state index in [9.17, 15) is 9.90 Å². The summed E-state index contributed by atoms with van der Waals surface area (Å²) < 4.78 is 0. The van der Waals surface area contributed by atoms with E-state index >= 15 is 0 Å². The largest absolute Gasteiger partial charge is 0.478 e. The molecule has 0 amide bonds. The Morgan fingerprint density at radius 2 is 2.06 bits per heavy atom. The highest BCUT2D eigenvalue weighted by Gasteiger charge is 2.31. The lowest BCUT2D eigenvalue weighted by Gasteiger charge is -2.33. The smallest absolute Gasteiger partial charge is 0.335 e. The molecule has 0 spiro atoms. The summed E-state index contributed by atoms with van der Waals surface area (Å²) in [7, 11) is 0. The molecule has 2 rings (SSSR count). The highest BCUT2D eigenvalue weighted by molar-refractivity contribution is 5.89. The van der Waals surface area contributed by atoms with Gasteiger partial charge in [0.15, 0.2) is 0 Å². The first-order chi connectivity index (χ1) is 8.57. The number of aliphatic hydroxyl groups is 1. The van der Waals surface area contributed by atoms with Crippen molar-refractivity contribution in [1.29, 1.82) is 0 Å². The number of carbonyl (C=O) groups is 1. The molecule has 1 aromatic rings. The van der Waals surface area contributed by atoms with E-state index in [4.69, 9.17) is 5.11 Å². The van der Waals surface area contributed by atoms with Crippen molar-refractivity contribution >= 4 is 5.97 Å². The number of hydrogen-bond acceptors (Lipinski definition) is 3. The fourth-order valence-electron chi connectivity index (χ4n) is 2.51. The minimum absolute atomic E-state index is 0.332. The van der Waals surface area contributed by atoms with E-state index < -0.39 is 11.6 Å². The van der Waals surface area contributed by atoms with Gasteiger partial charge in [-0.2, -0.15) is 0 Å². The molecule has 1 aliphatic heterocycles. The number of benzene rings is 1. The number of aryl methyl sites for hydroxylation is 1. The van der Waals surface area contributed by atoms with Crippen LogP contribution in [0.15, 0.2) is 18.2 Å². The van der Waals surface area contributed by atoms with Crippen LogP contribution in [0.5, 0.6) is 0 Å². The first-order valence-electron chi connectivity index (χ1n) is 6.36. The van der Waals surface area contributed by atoms with E-state index in [1.165, 1.54) is 0 Å². The van der Waals surface area contributed by atoms with Gasteiger partial charge in [-0.3, -0.25) is 0 Å². The summed E-state index contributed by atoms with van der Waals surface area (Å²) in [6, 6.07) is 5.19. The Kier molecular flexibility index (Phi) is 3.68. The van der Waals surface area contributed by atoms with Gasteiger partial charge >= 0.3 is 5.97 Å². The Morgan fingerprint density at radius 3 is 2.61 bits per heavy atom. The molecule has 18 heavy (non-hydrogen) atoms. The second-order valence-corrected chi connectivity index (χ2v) is 4.81. The maximum atomic E-state index is 11.1. The van der Waals surface area contributed by atoms with E-state index in [1.807, 2.05) is 13.0 Å². The van der Waals surface area contributed by atoms with Crippen LogP contribution < -0.4 is 5.32 Å². The van der Waals surface area contributed by atoms with E-state index in [0.29, 0.717) is 24.8 Å². The predicted octanol–water partition coefficient (Wildman–Crippen LogP) is 1.52. The molecule has 1 saturated heterocycles. The number of carboxylic acids is 1. The van der Waals surface area contributed by atoms with Gasteiger partial charge in [0, 0.05) is 0 Å². The van der Waals surface area contributed by atoms with E-state index in [2.05, 4.69) is 5.32 Å². The number of hydrogen-bond donors (Lipinski definition) is 3. The van der Waals surface area contributed by atoms with Gasteiger partial charge in [0.05, 0.1) is 11.2 Å². The summed E-state index contributed by atoms with van der Waals surface area (Å²) in [6.45, 7) is 3.51. The van der Waals surface area contributed by atoms with Gasteiger partial charge in [0.25, 0.3) is 0 Å². The average Bonchev–Trinajstić information content (AvgIpc) is 2.38. The lowest BCUT2D eigenvalue weighted by molar-refractivity contribution is 0.00582. The summed E-state index contributed by atoms with van der Waals surface area (Å²) in [5.41, 5.74) is 1.14. The maximum Gasteiger partial charge on any atom is 0.335 e. The third-order valence-electron chi connectivity index (χ3n) is 3.68. The lowest BCUT2D eigenvalue weighted by Crippen LogP contribution is -2.39. The summed E-state index contributed by atoms with van der Waals surface area (Å²) >= 11 is 0. The summed E-state index contributed by atoms with van der Waals surface area (Å²) in [6.07, 6.45) is 1.99. The molecule has 0 bridgehead atoms. The zero-order valence-corrected chi connectivity index (χ0v) is 10.6. The van der Waals surface area contributed by atoms with Crippen molar-refractivity contribution in [2.45, 2.75) is 31.8 Å². The molecule has 0 aliphatic carbocycles. The normalized spacial score (nSPS) is 18.6. The molecule has 0 radical (unpaired) electrons. The van der Waals surface area contributed by atoms with E-state index in [1.54, 1.807) is 12.1 Å². The molecular formula is C14H19NO3. The SMILES string of the molecule is CCc1cc(C2(O)CCNCC2)ccc1C(=O)O. The average molecular weight is 249 g/mol. The molecule has 0 aromatic heterocycles. The van der Waals surface area contributed by atoms with Crippen LogP contribution in [0.2, 0.25) is 0 Å². The van der Waals surface area contributed by atoms with Crippen molar-refractivity contribution in [3.8, 4) is 0 Å². The van der Waals surface area contributed by atoms with E-state index in [-0.39, 0.29) is 0 Å². The number of carboxylic acid groups (broad SMARTS) is 1. The third kappa shape index (κ3) is 2.40. The first-order valence-corrected chi connectivity index (χ1v) is 6.36. The van der Waals surface area contributed by atoms with Crippen molar-refractivity contribution in [3.05, 3.63) is 34.9 Å². The molecule has 98 valence electrons. The highest BCUT2D eigenvalue weighted by Crippen LogP contribution is 2.31. The molecule has 1 aliphatic rings. The van der Waals surface area contributed by atoms with Gasteiger partial charge < -0.3 is 15.5 Å². The van der Waals surface area contributed by atoms with Crippen LogP contribution in [0.4, 0.5) is 0 Å². The maximum absolute atomic E-state index is 11.1. The Bertz CT molecular complexity index is 450. The Labute approximate surface area is 107 Å². The van der Waals surface area contributed by atoms with Gasteiger partial charge in [0.1, 0.15) is 0 Å². The molecular weight excluding hydrogens is 230 g/mol. The van der Waals surface area contributed by atoms with Crippen molar-refractivity contribution in [1.82, 2.24) is 5.32 Å². The van der Waals surface area contributed by atoms with Gasteiger partial charge in [0.2, 0.25) is 0 Å². The molecule has 1 aromatic carbocycles. The predicted molar refractivity (Wildman–Crippen MR) is 68.8 cm³/mol. The summed E-state index contributed by atoms with van der Waals surface area (Å²) in [4.78, 5) is 11.1. The topological polar surface area (TPSA) is 69.6 Å². The minimum Gasteiger partial charge on any atom is -0.478 e. The van der Waals surface area contributed by atoms with Crippen molar-refractivity contribution < 1.29 is 15.0 Å². The molecule has 4 heteroatoms. The van der Waals surface area contributed by atoms with Gasteiger partial charge in [-0.15, -0.1) is 0 Å². The molecule has 1 heterocycles. The zero-order chi connectivity index (χ0) is 13.2. The van der Waals surface area contributed by atoms with Crippen molar-refractivity contribution in [2.24, 2.45) is 0 Å². The quantitative estimate of drug-likeness (QED) is 0.759. The number of piperidine rings is 1. The summed E-state index contributed by atoms with van der Waals surface area (Å²) in [5, 5.41) is 22.9. The van der Waals surface area contributed by atoms with Gasteiger partial charge in [-0.1, -0.05) is 19.1 Å². The second-order valence-electron chi connectivity index (χ2n) is 4.81. The Morgan fingerprint density at radius 1 is 1.39 bits per heavy atom. The van der Waals surface area contributed by atoms with Crippen LogP contribution >= 0.6 is 0 Å². The van der Waals surface area contributed by atoms with Gasteiger partial charge in [-0.05, 0) is 49.5 Å². The van der Waals surface area contributed by atoms with Crippen LogP contribution in [0.3, 0.4) is 0 Å². The molecule has 3 N–H and O–H groups in total. The highest BCUT2D eigenvalue weighted by atomic mass is 16.4. The van der Waals surface area contributed by atoms with Crippen LogP contribution in [0.1, 0.15) is 41.3 Å². The van der Waals surface area contributed by atoms with Crippen LogP contribution in [-0.2, 0) is 12.0 Å². The van der Waals surface area contributed by atoms with Gasteiger partial charge in [-0.25, -0.2) is 4.79 Å². The fourth-order valence-corrected chi connectivity index (χ4v) is 2.51. The van der Waals surface area contributed by atoms with Crippen molar-refractivity contribution in [2.75, 3.05) is 13.1 Å². The number of nitrogens with one attached hydrogen (secondary N) is 1. The fraction of sp³-hybridized carbons (Fsp3) is 0.500. The lowest BCUT2D eigenvalue weighted by atomic mass is 9.83. The molecule has 0 saturated carbocycles. The van der Waals surface area contributed by atoms with Crippen molar-refractivity contribution in [3.63, 3.8) is 0 Å². The number of rotatable bonds is 3. The third-order valence-corrected chi connectivity index (χ3v) is 3.68.